The highest BCUT2D eigenvalue weighted by Crippen LogP contribution is 2.34. The summed E-state index contributed by atoms with van der Waals surface area (Å²) in [6.45, 7) is 7.76. The molecule has 0 aromatic carbocycles. The zero-order chi connectivity index (χ0) is 13.3. The van der Waals surface area contributed by atoms with Gasteiger partial charge in [-0.3, -0.25) is 0 Å². The summed E-state index contributed by atoms with van der Waals surface area (Å²) < 4.78 is 5.32. The molecule has 0 aromatic rings. The van der Waals surface area contributed by atoms with Crippen LogP contribution in [-0.4, -0.2) is 23.3 Å². The lowest BCUT2D eigenvalue weighted by Crippen LogP contribution is -2.18. The average Bonchev–Trinajstić information content (AvgIpc) is 2.59. The van der Waals surface area contributed by atoms with Gasteiger partial charge >= 0.3 is 5.97 Å². The third-order valence-corrected chi connectivity index (χ3v) is 3.84. The van der Waals surface area contributed by atoms with Crippen LogP contribution >= 0.6 is 0 Å². The second kappa shape index (κ2) is 5.11. The van der Waals surface area contributed by atoms with Crippen LogP contribution in [0, 0.1) is 5.92 Å². The number of esters is 1. The summed E-state index contributed by atoms with van der Waals surface area (Å²) in [7, 11) is 0. The fourth-order valence-electron chi connectivity index (χ4n) is 2.47. The molecule has 3 nitrogen and oxygen atoms in total. The smallest absolute Gasteiger partial charge is 0.334 e. The molecule has 0 saturated carbocycles. The Morgan fingerprint density at radius 2 is 2.17 bits per heavy atom. The summed E-state index contributed by atoms with van der Waals surface area (Å²) in [6.07, 6.45) is 5.61. The Morgan fingerprint density at radius 1 is 1.44 bits per heavy atom. The monoisotopic (exact) mass is 248 g/mol. The molecule has 1 aliphatic heterocycles. The van der Waals surface area contributed by atoms with Crippen molar-refractivity contribution < 1.29 is 14.6 Å². The van der Waals surface area contributed by atoms with E-state index in [1.165, 1.54) is 5.57 Å². The lowest BCUT2D eigenvalue weighted by molar-refractivity contribution is -0.137. The molecule has 0 spiro atoms. The van der Waals surface area contributed by atoms with Gasteiger partial charge in [0.2, 0.25) is 0 Å². The molecule has 3 atom stereocenters. The highest BCUT2D eigenvalue weighted by atomic mass is 16.5. The lowest BCUT2D eigenvalue weighted by Gasteiger charge is -2.19. The van der Waals surface area contributed by atoms with Crippen LogP contribution in [0.25, 0.3) is 0 Å². The minimum absolute atomic E-state index is 0.0427. The summed E-state index contributed by atoms with van der Waals surface area (Å²) >= 11 is 0. The number of rotatable bonds is 0. The van der Waals surface area contributed by atoms with Crippen molar-refractivity contribution in [2.24, 2.45) is 5.92 Å². The van der Waals surface area contributed by atoms with Crippen molar-refractivity contribution in [3.8, 4) is 0 Å². The number of carbonyl (C=O) groups excluding carboxylic acids is 1. The Bertz CT molecular complexity index is 431. The van der Waals surface area contributed by atoms with Crippen LogP contribution in [-0.2, 0) is 9.53 Å². The first-order chi connectivity index (χ1) is 8.49. The summed E-state index contributed by atoms with van der Waals surface area (Å²) in [4.78, 5) is 11.6. The molecule has 0 aromatic heterocycles. The number of aliphatic hydroxyl groups excluding tert-OH is 1. The molecule has 0 bridgehead atoms. The average molecular weight is 248 g/mol. The molecule has 2 rings (SSSR count). The molecule has 18 heavy (non-hydrogen) atoms. The second-order valence-electron chi connectivity index (χ2n) is 5.25. The van der Waals surface area contributed by atoms with Crippen LogP contribution in [0.15, 0.2) is 35.5 Å². The quantitative estimate of drug-likeness (QED) is 0.407. The van der Waals surface area contributed by atoms with Crippen LogP contribution in [0.3, 0.4) is 0 Å². The van der Waals surface area contributed by atoms with Gasteiger partial charge in [-0.2, -0.15) is 0 Å². The second-order valence-corrected chi connectivity index (χ2v) is 5.25. The van der Waals surface area contributed by atoms with Gasteiger partial charge in [-0.25, -0.2) is 4.79 Å². The fourth-order valence-corrected chi connectivity index (χ4v) is 2.47. The van der Waals surface area contributed by atoms with Gasteiger partial charge < -0.3 is 9.84 Å². The van der Waals surface area contributed by atoms with E-state index < -0.39 is 6.10 Å². The topological polar surface area (TPSA) is 46.5 Å². The first kappa shape index (κ1) is 13.1. The number of fused-ring (bicyclic) bond motifs is 1. The van der Waals surface area contributed by atoms with Crippen molar-refractivity contribution >= 4 is 5.97 Å². The molecule has 0 unspecified atom stereocenters. The summed E-state index contributed by atoms with van der Waals surface area (Å²) in [5.41, 5.74) is 2.67. The zero-order valence-corrected chi connectivity index (χ0v) is 11.0. The predicted molar refractivity (Wildman–Crippen MR) is 69.9 cm³/mol. The van der Waals surface area contributed by atoms with E-state index in [1.54, 1.807) is 0 Å². The normalized spacial score (nSPS) is 39.2. The molecule has 1 heterocycles. The van der Waals surface area contributed by atoms with Crippen molar-refractivity contribution in [1.29, 1.82) is 0 Å². The molecule has 1 aliphatic carbocycles. The molecule has 0 radical (unpaired) electrons. The van der Waals surface area contributed by atoms with Gasteiger partial charge in [-0.05, 0) is 44.8 Å². The van der Waals surface area contributed by atoms with Gasteiger partial charge in [0.05, 0.1) is 6.10 Å². The van der Waals surface area contributed by atoms with E-state index in [1.807, 2.05) is 13.0 Å². The number of carbonyl (C=O) groups is 1. The Hall–Kier alpha value is -1.35. The maximum absolute atomic E-state index is 11.6. The van der Waals surface area contributed by atoms with Crippen LogP contribution in [0.2, 0.25) is 0 Å². The maximum Gasteiger partial charge on any atom is 0.334 e. The van der Waals surface area contributed by atoms with Crippen LogP contribution in [0.4, 0.5) is 0 Å². The highest BCUT2D eigenvalue weighted by molar-refractivity contribution is 5.91. The summed E-state index contributed by atoms with van der Waals surface area (Å²) in [6, 6.07) is 0. The molecular formula is C15H20O3. The standard InChI is InChI=1S/C15H20O3/c1-9-4-6-12-11(3)15(17)18-14(12)8-10(2)13(16)7-5-9/h5,8,12-14,16H,3-4,6-7H2,1-2H3/b9-5+,10-8-/t12-,13-,14-/m0/s1. The van der Waals surface area contributed by atoms with E-state index >= 15 is 0 Å². The van der Waals surface area contributed by atoms with Gasteiger partial charge in [0.1, 0.15) is 6.10 Å². The van der Waals surface area contributed by atoms with E-state index in [-0.39, 0.29) is 18.0 Å². The lowest BCUT2D eigenvalue weighted by atomic mass is 9.88. The molecule has 0 amide bonds. The largest absolute Gasteiger partial charge is 0.454 e. The van der Waals surface area contributed by atoms with Crippen LogP contribution in [0.5, 0.6) is 0 Å². The summed E-state index contributed by atoms with van der Waals surface area (Å²) in [5.74, 6) is -0.259. The van der Waals surface area contributed by atoms with Crippen molar-refractivity contribution in [3.63, 3.8) is 0 Å². The van der Waals surface area contributed by atoms with E-state index in [9.17, 15) is 9.90 Å². The zero-order valence-electron chi connectivity index (χ0n) is 11.0. The van der Waals surface area contributed by atoms with E-state index in [4.69, 9.17) is 4.74 Å². The van der Waals surface area contributed by atoms with Crippen LogP contribution in [0.1, 0.15) is 33.1 Å². The minimum Gasteiger partial charge on any atom is -0.454 e. The van der Waals surface area contributed by atoms with Crippen molar-refractivity contribution in [1.82, 2.24) is 0 Å². The first-order valence-corrected chi connectivity index (χ1v) is 6.41. The third-order valence-electron chi connectivity index (χ3n) is 3.84. The van der Waals surface area contributed by atoms with E-state index in [0.29, 0.717) is 12.0 Å². The Labute approximate surface area is 108 Å². The molecular weight excluding hydrogens is 228 g/mol. The fraction of sp³-hybridized carbons (Fsp3) is 0.533. The maximum atomic E-state index is 11.6. The molecule has 98 valence electrons. The van der Waals surface area contributed by atoms with Crippen molar-refractivity contribution in [2.45, 2.75) is 45.3 Å². The van der Waals surface area contributed by atoms with Crippen LogP contribution < -0.4 is 0 Å². The molecule has 2 aliphatic rings. The molecule has 1 saturated heterocycles. The van der Waals surface area contributed by atoms with Gasteiger partial charge in [0, 0.05) is 11.5 Å². The number of ether oxygens (including phenoxy) is 1. The Morgan fingerprint density at radius 3 is 2.89 bits per heavy atom. The van der Waals surface area contributed by atoms with E-state index in [0.717, 1.165) is 18.4 Å². The predicted octanol–water partition coefficient (Wildman–Crippen LogP) is 2.52. The van der Waals surface area contributed by atoms with Gasteiger partial charge in [-0.1, -0.05) is 18.2 Å². The van der Waals surface area contributed by atoms with Gasteiger partial charge in [0.15, 0.2) is 0 Å². The summed E-state index contributed by atoms with van der Waals surface area (Å²) in [5, 5.41) is 9.99. The van der Waals surface area contributed by atoms with Crippen molar-refractivity contribution in [2.75, 3.05) is 0 Å². The third kappa shape index (κ3) is 2.56. The first-order valence-electron chi connectivity index (χ1n) is 6.41. The molecule has 3 heteroatoms. The number of hydrogen-bond acceptors (Lipinski definition) is 3. The number of hydrogen-bond donors (Lipinski definition) is 1. The minimum atomic E-state index is -0.494. The van der Waals surface area contributed by atoms with Gasteiger partial charge in [0.25, 0.3) is 0 Å². The molecule has 1 fully saturated rings. The number of allylic oxidation sites excluding steroid dienone is 1. The highest BCUT2D eigenvalue weighted by Gasteiger charge is 2.37. The SMILES string of the molecule is C=C1C(=O)O[C@H]2/C=C(/C)[C@@H](O)C/C=C(\C)CC[C@@H]12. The van der Waals surface area contributed by atoms with Crippen molar-refractivity contribution in [3.05, 3.63) is 35.5 Å². The molecule has 1 N–H and O–H groups in total. The van der Waals surface area contributed by atoms with Gasteiger partial charge in [-0.15, -0.1) is 0 Å². The Balaban J connectivity index is 2.29. The van der Waals surface area contributed by atoms with E-state index in [2.05, 4.69) is 19.6 Å². The number of aliphatic hydroxyl groups is 1. The Kier molecular flexibility index (Phi) is 3.71.